The number of hydrogen-bond acceptors (Lipinski definition) is 4. The van der Waals surface area contributed by atoms with E-state index in [9.17, 15) is 9.59 Å². The minimum Gasteiger partial charge on any atom is -0.484 e. The summed E-state index contributed by atoms with van der Waals surface area (Å²) in [6.45, 7) is -0.205. The zero-order chi connectivity index (χ0) is 18.5. The van der Waals surface area contributed by atoms with Crippen LogP contribution < -0.4 is 15.8 Å². The van der Waals surface area contributed by atoms with Gasteiger partial charge in [0.25, 0.3) is 11.8 Å². The molecule has 3 aromatic rings. The lowest BCUT2D eigenvalue weighted by Crippen LogP contribution is -2.20. The van der Waals surface area contributed by atoms with E-state index in [1.54, 1.807) is 42.5 Å². The van der Waals surface area contributed by atoms with Crippen LogP contribution in [0.1, 0.15) is 10.6 Å². The van der Waals surface area contributed by atoms with Gasteiger partial charge >= 0.3 is 0 Å². The van der Waals surface area contributed by atoms with Crippen molar-refractivity contribution in [1.29, 1.82) is 0 Å². The molecule has 1 aromatic heterocycles. The second-order valence-corrected chi connectivity index (χ2v) is 5.78. The first-order valence-corrected chi connectivity index (χ1v) is 8.08. The van der Waals surface area contributed by atoms with Gasteiger partial charge in [-0.2, -0.15) is 0 Å². The molecular formula is C19H15ClN2O4. The van der Waals surface area contributed by atoms with Gasteiger partial charge < -0.3 is 20.2 Å². The van der Waals surface area contributed by atoms with Gasteiger partial charge in [-0.05, 0) is 48.5 Å². The smallest absolute Gasteiger partial charge is 0.291 e. The van der Waals surface area contributed by atoms with Gasteiger partial charge in [0.05, 0.1) is 5.02 Å². The second-order valence-electron chi connectivity index (χ2n) is 5.38. The van der Waals surface area contributed by atoms with Crippen LogP contribution in [0.5, 0.6) is 5.75 Å². The molecule has 1 heterocycles. The van der Waals surface area contributed by atoms with E-state index in [4.69, 9.17) is 26.5 Å². The third-order valence-corrected chi connectivity index (χ3v) is 3.79. The van der Waals surface area contributed by atoms with Gasteiger partial charge in [-0.3, -0.25) is 9.59 Å². The first-order valence-electron chi connectivity index (χ1n) is 7.70. The Labute approximate surface area is 154 Å². The summed E-state index contributed by atoms with van der Waals surface area (Å²) in [5, 5.41) is 3.26. The van der Waals surface area contributed by atoms with Crippen molar-refractivity contribution < 1.29 is 18.7 Å². The molecule has 3 N–H and O–H groups in total. The lowest BCUT2D eigenvalue weighted by molar-refractivity contribution is -0.119. The van der Waals surface area contributed by atoms with E-state index in [0.29, 0.717) is 27.8 Å². The van der Waals surface area contributed by atoms with Crippen LogP contribution in [0.4, 0.5) is 5.69 Å². The largest absolute Gasteiger partial charge is 0.484 e. The molecule has 0 radical (unpaired) electrons. The number of carbonyl (C=O) groups is 2. The second kappa shape index (κ2) is 7.76. The van der Waals surface area contributed by atoms with Crippen molar-refractivity contribution in [3.8, 4) is 17.1 Å². The van der Waals surface area contributed by atoms with Crippen molar-refractivity contribution in [3.05, 3.63) is 71.4 Å². The molecule has 0 saturated heterocycles. The number of rotatable bonds is 6. The van der Waals surface area contributed by atoms with Gasteiger partial charge in [-0.1, -0.05) is 23.7 Å². The minimum atomic E-state index is -0.561. The van der Waals surface area contributed by atoms with Crippen LogP contribution in [0.25, 0.3) is 11.3 Å². The highest BCUT2D eigenvalue weighted by atomic mass is 35.5. The summed E-state index contributed by atoms with van der Waals surface area (Å²) in [4.78, 5) is 23.0. The molecule has 132 valence electrons. The molecule has 0 aliphatic rings. The molecule has 6 nitrogen and oxygen atoms in total. The summed E-state index contributed by atoms with van der Waals surface area (Å²) < 4.78 is 10.8. The number of carbonyl (C=O) groups excluding carboxylic acids is 2. The third kappa shape index (κ3) is 4.23. The molecule has 3 rings (SSSR count). The molecule has 0 aliphatic carbocycles. The molecule has 0 atom stereocenters. The number of hydrogen-bond donors (Lipinski definition) is 2. The zero-order valence-electron chi connectivity index (χ0n) is 13.6. The number of halogens is 1. The van der Waals surface area contributed by atoms with Crippen LogP contribution in [0.15, 0.2) is 65.1 Å². The Kier molecular flexibility index (Phi) is 5.24. The fraction of sp³-hybridized carbons (Fsp3) is 0.0526. The number of furan rings is 1. The SMILES string of the molecule is NC(=O)COc1ccc(NC(=O)c2ccc(-c3ccccc3Cl)o2)cc1. The van der Waals surface area contributed by atoms with E-state index in [2.05, 4.69) is 5.32 Å². The fourth-order valence-electron chi connectivity index (χ4n) is 2.25. The van der Waals surface area contributed by atoms with E-state index in [0.717, 1.165) is 0 Å². The van der Waals surface area contributed by atoms with Gasteiger partial charge in [-0.15, -0.1) is 0 Å². The van der Waals surface area contributed by atoms with Crippen LogP contribution in [0, 0.1) is 0 Å². The average molecular weight is 371 g/mol. The Bertz CT molecular complexity index is 935. The monoisotopic (exact) mass is 370 g/mol. The quantitative estimate of drug-likeness (QED) is 0.691. The maximum Gasteiger partial charge on any atom is 0.291 e. The number of anilines is 1. The fourth-order valence-corrected chi connectivity index (χ4v) is 2.48. The van der Waals surface area contributed by atoms with E-state index < -0.39 is 11.8 Å². The molecule has 0 unspecified atom stereocenters. The van der Waals surface area contributed by atoms with Crippen molar-refractivity contribution in [2.45, 2.75) is 0 Å². The van der Waals surface area contributed by atoms with E-state index in [-0.39, 0.29) is 12.4 Å². The molecule has 0 aliphatic heterocycles. The number of ether oxygens (including phenoxy) is 1. The molecule has 7 heteroatoms. The number of amides is 2. The Balaban J connectivity index is 1.67. The van der Waals surface area contributed by atoms with E-state index in [1.807, 2.05) is 18.2 Å². The predicted octanol–water partition coefficient (Wildman–Crippen LogP) is 3.72. The highest BCUT2D eigenvalue weighted by molar-refractivity contribution is 6.33. The summed E-state index contributed by atoms with van der Waals surface area (Å²) >= 11 is 6.14. The van der Waals surface area contributed by atoms with Crippen LogP contribution in [-0.4, -0.2) is 18.4 Å². The van der Waals surface area contributed by atoms with Crippen LogP contribution in [0.3, 0.4) is 0 Å². The molecule has 0 spiro atoms. The molecule has 26 heavy (non-hydrogen) atoms. The standard InChI is InChI=1S/C19H15ClN2O4/c20-15-4-2-1-3-14(15)16-9-10-17(26-16)19(24)22-12-5-7-13(8-6-12)25-11-18(21)23/h1-10H,11H2,(H2,21,23)(H,22,24). The molecule has 2 aromatic carbocycles. The van der Waals surface area contributed by atoms with E-state index >= 15 is 0 Å². The third-order valence-electron chi connectivity index (χ3n) is 3.46. The summed E-state index contributed by atoms with van der Waals surface area (Å²) in [6, 6.07) is 17.0. The van der Waals surface area contributed by atoms with Crippen molar-refractivity contribution in [3.63, 3.8) is 0 Å². The van der Waals surface area contributed by atoms with Gasteiger partial charge in [0.15, 0.2) is 12.4 Å². The Morgan fingerprint density at radius 3 is 2.46 bits per heavy atom. The van der Waals surface area contributed by atoms with Gasteiger partial charge in [0, 0.05) is 11.3 Å². The van der Waals surface area contributed by atoms with Crippen LogP contribution in [-0.2, 0) is 4.79 Å². The number of nitrogens with two attached hydrogens (primary N) is 1. The van der Waals surface area contributed by atoms with E-state index in [1.165, 1.54) is 0 Å². The van der Waals surface area contributed by atoms with Gasteiger partial charge in [0.2, 0.25) is 0 Å². The van der Waals surface area contributed by atoms with Crippen LogP contribution >= 0.6 is 11.6 Å². The molecule has 0 saturated carbocycles. The Hall–Kier alpha value is -3.25. The Morgan fingerprint density at radius 2 is 1.77 bits per heavy atom. The normalized spacial score (nSPS) is 10.3. The number of benzene rings is 2. The van der Waals surface area contributed by atoms with Crippen molar-refractivity contribution in [1.82, 2.24) is 0 Å². The molecular weight excluding hydrogens is 356 g/mol. The topological polar surface area (TPSA) is 94.6 Å². The summed E-state index contributed by atoms with van der Waals surface area (Å²) in [5.74, 6) is 0.189. The lowest BCUT2D eigenvalue weighted by atomic mass is 10.2. The molecule has 0 bridgehead atoms. The van der Waals surface area contributed by atoms with Crippen molar-refractivity contribution in [2.75, 3.05) is 11.9 Å². The van der Waals surface area contributed by atoms with Crippen molar-refractivity contribution in [2.24, 2.45) is 5.73 Å². The lowest BCUT2D eigenvalue weighted by Gasteiger charge is -2.06. The van der Waals surface area contributed by atoms with Gasteiger partial charge in [0.1, 0.15) is 11.5 Å². The molecule has 2 amide bonds. The number of primary amides is 1. The maximum absolute atomic E-state index is 12.3. The number of nitrogens with one attached hydrogen (secondary N) is 1. The summed E-state index contributed by atoms with van der Waals surface area (Å²) in [5.41, 5.74) is 6.28. The average Bonchev–Trinajstić information content (AvgIpc) is 3.11. The summed E-state index contributed by atoms with van der Waals surface area (Å²) in [6.07, 6.45) is 0. The first kappa shape index (κ1) is 17.6. The zero-order valence-corrected chi connectivity index (χ0v) is 14.3. The van der Waals surface area contributed by atoms with Crippen LogP contribution in [0.2, 0.25) is 5.02 Å². The highest BCUT2D eigenvalue weighted by Crippen LogP contribution is 2.29. The maximum atomic E-state index is 12.3. The van der Waals surface area contributed by atoms with Gasteiger partial charge in [-0.25, -0.2) is 0 Å². The summed E-state index contributed by atoms with van der Waals surface area (Å²) in [7, 11) is 0. The predicted molar refractivity (Wildman–Crippen MR) is 98.2 cm³/mol. The Morgan fingerprint density at radius 1 is 1.04 bits per heavy atom. The van der Waals surface area contributed by atoms with Crippen molar-refractivity contribution >= 4 is 29.1 Å². The minimum absolute atomic E-state index is 0.161. The first-order chi connectivity index (χ1) is 12.5. The molecule has 0 fully saturated rings. The highest BCUT2D eigenvalue weighted by Gasteiger charge is 2.14.